The molecule has 0 aliphatic heterocycles. The van der Waals surface area contributed by atoms with Crippen LogP contribution in [0.3, 0.4) is 0 Å². The number of nitrogens with one attached hydrogen (secondary N) is 2. The normalized spacial score (nSPS) is 13.7. The quantitative estimate of drug-likeness (QED) is 0.857. The second-order valence-corrected chi connectivity index (χ2v) is 5.70. The number of rotatable bonds is 6. The second-order valence-electron chi connectivity index (χ2n) is 5.70. The average molecular weight is 314 g/mol. The van der Waals surface area contributed by atoms with Crippen molar-refractivity contribution < 1.29 is 9.18 Å². The summed E-state index contributed by atoms with van der Waals surface area (Å²) in [4.78, 5) is 20.7. The van der Waals surface area contributed by atoms with Gasteiger partial charge in [0.2, 0.25) is 0 Å². The zero-order chi connectivity index (χ0) is 16.2. The highest BCUT2D eigenvalue weighted by Gasteiger charge is 2.23. The van der Waals surface area contributed by atoms with Gasteiger partial charge < -0.3 is 10.6 Å². The van der Waals surface area contributed by atoms with Crippen molar-refractivity contribution in [3.8, 4) is 0 Å². The standard InChI is InChI=1S/C17H19FN4O/c1-2-3-14-13(9-19-10-20-14)17(23)22-15-7-4-11(18)8-16(15)21-12-5-6-12/h4,7-10,12,21H,2-3,5-6H2,1H3,(H,22,23). The van der Waals surface area contributed by atoms with Crippen LogP contribution in [0.2, 0.25) is 0 Å². The molecule has 0 saturated heterocycles. The first-order chi connectivity index (χ1) is 11.2. The van der Waals surface area contributed by atoms with Crippen LogP contribution < -0.4 is 10.6 Å². The van der Waals surface area contributed by atoms with Crippen molar-refractivity contribution in [3.05, 3.63) is 47.8 Å². The molecule has 2 N–H and O–H groups in total. The van der Waals surface area contributed by atoms with Crippen molar-refractivity contribution >= 4 is 17.3 Å². The molecular weight excluding hydrogens is 295 g/mol. The Morgan fingerprint density at radius 3 is 2.91 bits per heavy atom. The molecule has 1 aliphatic carbocycles. The summed E-state index contributed by atoms with van der Waals surface area (Å²) < 4.78 is 13.5. The van der Waals surface area contributed by atoms with Gasteiger partial charge in [-0.1, -0.05) is 13.3 Å². The predicted molar refractivity (Wildman–Crippen MR) is 87.0 cm³/mol. The number of hydrogen-bond acceptors (Lipinski definition) is 4. The summed E-state index contributed by atoms with van der Waals surface area (Å²) in [6, 6.07) is 4.68. The first-order valence-electron chi connectivity index (χ1n) is 7.83. The van der Waals surface area contributed by atoms with E-state index in [1.165, 1.54) is 24.7 Å². The number of aromatic nitrogens is 2. The molecule has 1 amide bonds. The number of hydrogen-bond donors (Lipinski definition) is 2. The van der Waals surface area contributed by atoms with E-state index in [1.807, 2.05) is 6.92 Å². The molecule has 1 saturated carbocycles. The maximum absolute atomic E-state index is 13.5. The third-order valence-corrected chi connectivity index (χ3v) is 3.69. The second kappa shape index (κ2) is 6.73. The Bertz CT molecular complexity index is 715. The van der Waals surface area contributed by atoms with Crippen LogP contribution in [0.1, 0.15) is 42.2 Å². The summed E-state index contributed by atoms with van der Waals surface area (Å²) in [5.41, 5.74) is 2.35. The van der Waals surface area contributed by atoms with E-state index in [0.717, 1.165) is 25.0 Å². The minimum absolute atomic E-state index is 0.278. The number of amides is 1. The molecule has 5 nitrogen and oxygen atoms in total. The predicted octanol–water partition coefficient (Wildman–Crippen LogP) is 3.39. The summed E-state index contributed by atoms with van der Waals surface area (Å²) in [7, 11) is 0. The van der Waals surface area contributed by atoms with Gasteiger partial charge in [-0.25, -0.2) is 14.4 Å². The molecule has 0 spiro atoms. The number of anilines is 2. The Labute approximate surface area is 134 Å². The molecule has 23 heavy (non-hydrogen) atoms. The lowest BCUT2D eigenvalue weighted by atomic mass is 10.1. The summed E-state index contributed by atoms with van der Waals surface area (Å²) in [5.74, 6) is -0.611. The summed E-state index contributed by atoms with van der Waals surface area (Å²) in [6.45, 7) is 2.03. The molecule has 0 radical (unpaired) electrons. The maximum atomic E-state index is 13.5. The van der Waals surface area contributed by atoms with Gasteiger partial charge >= 0.3 is 0 Å². The summed E-state index contributed by atoms with van der Waals surface area (Å²) in [6.07, 6.45) is 6.70. The number of halogens is 1. The molecule has 6 heteroatoms. The van der Waals surface area contributed by atoms with Crippen LogP contribution in [-0.2, 0) is 6.42 Å². The van der Waals surface area contributed by atoms with Crippen molar-refractivity contribution in [2.75, 3.05) is 10.6 Å². The molecule has 1 aliphatic rings. The highest BCUT2D eigenvalue weighted by molar-refractivity contribution is 6.06. The minimum Gasteiger partial charge on any atom is -0.381 e. The smallest absolute Gasteiger partial charge is 0.259 e. The lowest BCUT2D eigenvalue weighted by molar-refractivity contribution is 0.102. The molecule has 1 fully saturated rings. The molecule has 0 atom stereocenters. The fraction of sp³-hybridized carbons (Fsp3) is 0.353. The summed E-state index contributed by atoms with van der Waals surface area (Å²) >= 11 is 0. The zero-order valence-corrected chi connectivity index (χ0v) is 13.0. The average Bonchev–Trinajstić information content (AvgIpc) is 3.35. The van der Waals surface area contributed by atoms with E-state index < -0.39 is 0 Å². The van der Waals surface area contributed by atoms with Crippen LogP contribution in [0.4, 0.5) is 15.8 Å². The van der Waals surface area contributed by atoms with E-state index in [-0.39, 0.29) is 11.7 Å². The van der Waals surface area contributed by atoms with E-state index in [0.29, 0.717) is 29.4 Å². The van der Waals surface area contributed by atoms with E-state index in [1.54, 1.807) is 6.07 Å². The number of carbonyl (C=O) groups is 1. The van der Waals surface area contributed by atoms with Gasteiger partial charge in [-0.2, -0.15) is 0 Å². The number of aryl methyl sites for hydroxylation is 1. The first-order valence-corrected chi connectivity index (χ1v) is 7.83. The van der Waals surface area contributed by atoms with Crippen LogP contribution in [-0.4, -0.2) is 21.9 Å². The minimum atomic E-state index is -0.333. The topological polar surface area (TPSA) is 66.9 Å². The fourth-order valence-corrected chi connectivity index (χ4v) is 2.36. The van der Waals surface area contributed by atoms with E-state index in [4.69, 9.17) is 0 Å². The van der Waals surface area contributed by atoms with Crippen LogP contribution in [0.25, 0.3) is 0 Å². The summed E-state index contributed by atoms with van der Waals surface area (Å²) in [5, 5.41) is 6.07. The van der Waals surface area contributed by atoms with Gasteiger partial charge in [-0.05, 0) is 37.5 Å². The van der Waals surface area contributed by atoms with Crippen LogP contribution >= 0.6 is 0 Å². The van der Waals surface area contributed by atoms with Gasteiger partial charge in [0.25, 0.3) is 5.91 Å². The van der Waals surface area contributed by atoms with Crippen molar-refractivity contribution in [1.82, 2.24) is 9.97 Å². The molecule has 120 valence electrons. The molecule has 2 aromatic rings. The number of carbonyl (C=O) groups excluding carboxylic acids is 1. The largest absolute Gasteiger partial charge is 0.381 e. The SMILES string of the molecule is CCCc1ncncc1C(=O)Nc1ccc(F)cc1NC1CC1. The Morgan fingerprint density at radius 1 is 1.35 bits per heavy atom. The molecule has 3 rings (SSSR count). The van der Waals surface area contributed by atoms with Gasteiger partial charge in [-0.3, -0.25) is 4.79 Å². The van der Waals surface area contributed by atoms with Gasteiger partial charge in [0.1, 0.15) is 12.1 Å². The molecule has 1 aromatic heterocycles. The van der Waals surface area contributed by atoms with E-state index in [9.17, 15) is 9.18 Å². The van der Waals surface area contributed by atoms with Crippen molar-refractivity contribution in [1.29, 1.82) is 0 Å². The molecule has 0 bridgehead atoms. The van der Waals surface area contributed by atoms with Gasteiger partial charge in [0.05, 0.1) is 22.6 Å². The van der Waals surface area contributed by atoms with Crippen LogP contribution in [0, 0.1) is 5.82 Å². The Kier molecular flexibility index (Phi) is 4.50. The molecule has 1 aromatic carbocycles. The highest BCUT2D eigenvalue weighted by Crippen LogP contribution is 2.30. The molecular formula is C17H19FN4O. The van der Waals surface area contributed by atoms with E-state index >= 15 is 0 Å². The molecule has 1 heterocycles. The number of benzene rings is 1. The van der Waals surface area contributed by atoms with Gasteiger partial charge in [0.15, 0.2) is 0 Å². The third-order valence-electron chi connectivity index (χ3n) is 3.69. The van der Waals surface area contributed by atoms with Gasteiger partial charge in [-0.15, -0.1) is 0 Å². The van der Waals surface area contributed by atoms with Crippen LogP contribution in [0.5, 0.6) is 0 Å². The van der Waals surface area contributed by atoms with E-state index in [2.05, 4.69) is 20.6 Å². The van der Waals surface area contributed by atoms with Crippen molar-refractivity contribution in [2.24, 2.45) is 0 Å². The fourth-order valence-electron chi connectivity index (χ4n) is 2.36. The van der Waals surface area contributed by atoms with Gasteiger partial charge in [0, 0.05) is 12.2 Å². The lowest BCUT2D eigenvalue weighted by Crippen LogP contribution is -2.17. The Hall–Kier alpha value is -2.50. The monoisotopic (exact) mass is 314 g/mol. The molecule has 0 unspecified atom stereocenters. The number of nitrogens with zero attached hydrogens (tertiary/aromatic N) is 2. The maximum Gasteiger partial charge on any atom is 0.259 e. The van der Waals surface area contributed by atoms with Crippen molar-refractivity contribution in [3.63, 3.8) is 0 Å². The van der Waals surface area contributed by atoms with Crippen LogP contribution in [0.15, 0.2) is 30.7 Å². The Morgan fingerprint density at radius 2 is 2.17 bits per heavy atom. The lowest BCUT2D eigenvalue weighted by Gasteiger charge is -2.14. The van der Waals surface area contributed by atoms with Crippen molar-refractivity contribution in [2.45, 2.75) is 38.6 Å². The zero-order valence-electron chi connectivity index (χ0n) is 13.0. The third kappa shape index (κ3) is 3.83. The first kappa shape index (κ1) is 15.4. The highest BCUT2D eigenvalue weighted by atomic mass is 19.1. The Balaban J connectivity index is 1.82.